The van der Waals surface area contributed by atoms with Gasteiger partial charge in [0, 0.05) is 24.3 Å². The molecule has 1 saturated heterocycles. The van der Waals surface area contributed by atoms with Gasteiger partial charge in [-0.3, -0.25) is 4.79 Å². The number of benzene rings is 1. The summed E-state index contributed by atoms with van der Waals surface area (Å²) in [5, 5.41) is 7.35. The molecule has 0 unspecified atom stereocenters. The number of carbonyl (C=O) groups excluding carboxylic acids is 1. The molecular formula is C17H22N4OS. The molecule has 1 aromatic carbocycles. The second kappa shape index (κ2) is 7.55. The van der Waals surface area contributed by atoms with E-state index in [1.165, 1.54) is 24.4 Å². The van der Waals surface area contributed by atoms with Crippen molar-refractivity contribution >= 4 is 23.1 Å². The van der Waals surface area contributed by atoms with E-state index in [1.807, 2.05) is 36.1 Å². The Morgan fingerprint density at radius 1 is 1.17 bits per heavy atom. The number of nitrogens with zero attached hydrogens (tertiary/aromatic N) is 3. The van der Waals surface area contributed by atoms with Gasteiger partial charge in [0.2, 0.25) is 0 Å². The van der Waals surface area contributed by atoms with E-state index in [0.717, 1.165) is 47.8 Å². The molecule has 0 atom stereocenters. The Morgan fingerprint density at radius 2 is 1.87 bits per heavy atom. The average Bonchev–Trinajstić information content (AvgIpc) is 2.82. The highest BCUT2D eigenvalue weighted by Gasteiger charge is 2.17. The van der Waals surface area contributed by atoms with Crippen LogP contribution in [0.1, 0.15) is 46.6 Å². The Balaban J connectivity index is 1.60. The summed E-state index contributed by atoms with van der Waals surface area (Å²) in [4.78, 5) is 15.7. The first kappa shape index (κ1) is 15.9. The predicted molar refractivity (Wildman–Crippen MR) is 92.8 cm³/mol. The molecule has 1 aromatic heterocycles. The molecular weight excluding hydrogens is 308 g/mol. The summed E-state index contributed by atoms with van der Waals surface area (Å²) in [5.41, 5.74) is 2.74. The van der Waals surface area contributed by atoms with Gasteiger partial charge >= 0.3 is 0 Å². The number of amides is 1. The largest absolute Gasteiger partial charge is 0.380 e. The van der Waals surface area contributed by atoms with E-state index in [-0.39, 0.29) is 5.91 Å². The number of hydrogen-bond acceptors (Lipinski definition) is 5. The molecule has 1 aliphatic heterocycles. The number of aromatic nitrogens is 2. The van der Waals surface area contributed by atoms with Crippen LogP contribution in [0.5, 0.6) is 0 Å². The minimum atomic E-state index is 0.154. The average molecular weight is 330 g/mol. The SMILES string of the molecule is Cc1nnsc1CNc1ccc(C(=O)N2CCCCCC2)cc1. The van der Waals surface area contributed by atoms with Crippen molar-refractivity contribution in [3.8, 4) is 0 Å². The second-order valence-electron chi connectivity index (χ2n) is 5.92. The zero-order valence-corrected chi connectivity index (χ0v) is 14.2. The lowest BCUT2D eigenvalue weighted by atomic mass is 10.1. The third-order valence-electron chi connectivity index (χ3n) is 4.22. The highest BCUT2D eigenvalue weighted by atomic mass is 32.1. The van der Waals surface area contributed by atoms with Gasteiger partial charge in [-0.1, -0.05) is 17.3 Å². The second-order valence-corrected chi connectivity index (χ2v) is 6.76. The Bertz CT molecular complexity index is 645. The molecule has 0 saturated carbocycles. The van der Waals surface area contributed by atoms with Crippen LogP contribution in [0.4, 0.5) is 5.69 Å². The molecule has 6 heteroatoms. The summed E-state index contributed by atoms with van der Waals surface area (Å²) in [6.07, 6.45) is 4.71. The fourth-order valence-corrected chi connectivity index (χ4v) is 3.35. The topological polar surface area (TPSA) is 58.1 Å². The van der Waals surface area contributed by atoms with Gasteiger partial charge in [-0.2, -0.15) is 0 Å². The lowest BCUT2D eigenvalue weighted by Crippen LogP contribution is -2.31. The van der Waals surface area contributed by atoms with E-state index in [9.17, 15) is 4.79 Å². The molecule has 3 rings (SSSR count). The zero-order valence-electron chi connectivity index (χ0n) is 13.4. The highest BCUT2D eigenvalue weighted by molar-refractivity contribution is 7.05. The molecule has 1 aliphatic rings. The lowest BCUT2D eigenvalue weighted by molar-refractivity contribution is 0.0761. The summed E-state index contributed by atoms with van der Waals surface area (Å²) >= 11 is 1.41. The van der Waals surface area contributed by atoms with E-state index >= 15 is 0 Å². The van der Waals surface area contributed by atoms with Crippen molar-refractivity contribution in [2.45, 2.75) is 39.2 Å². The first-order valence-electron chi connectivity index (χ1n) is 8.15. The lowest BCUT2D eigenvalue weighted by Gasteiger charge is -2.20. The van der Waals surface area contributed by atoms with Crippen molar-refractivity contribution in [3.63, 3.8) is 0 Å². The summed E-state index contributed by atoms with van der Waals surface area (Å²) in [5.74, 6) is 0.154. The first-order valence-corrected chi connectivity index (χ1v) is 8.92. The Labute approximate surface area is 140 Å². The van der Waals surface area contributed by atoms with Crippen LogP contribution in [0.2, 0.25) is 0 Å². The maximum absolute atomic E-state index is 12.5. The van der Waals surface area contributed by atoms with Crippen LogP contribution < -0.4 is 5.32 Å². The summed E-state index contributed by atoms with van der Waals surface area (Å²) < 4.78 is 3.93. The molecule has 2 aromatic rings. The highest BCUT2D eigenvalue weighted by Crippen LogP contribution is 2.17. The number of hydrogen-bond donors (Lipinski definition) is 1. The number of nitrogens with one attached hydrogen (secondary N) is 1. The number of rotatable bonds is 4. The summed E-state index contributed by atoms with van der Waals surface area (Å²) in [6, 6.07) is 7.75. The Morgan fingerprint density at radius 3 is 2.48 bits per heavy atom. The predicted octanol–water partition coefficient (Wildman–Crippen LogP) is 3.47. The molecule has 0 aliphatic carbocycles. The van der Waals surface area contributed by atoms with Crippen molar-refractivity contribution in [1.82, 2.24) is 14.5 Å². The normalized spacial score (nSPS) is 15.3. The standard InChI is InChI=1S/C17H22N4OS/c1-13-16(23-20-19-13)12-18-15-8-6-14(7-9-15)17(22)21-10-4-2-3-5-11-21/h6-9,18H,2-5,10-12H2,1H3. The van der Waals surface area contributed by atoms with E-state index in [1.54, 1.807) is 0 Å². The molecule has 1 N–H and O–H groups in total. The fourth-order valence-electron chi connectivity index (χ4n) is 2.78. The van der Waals surface area contributed by atoms with E-state index in [4.69, 9.17) is 0 Å². The summed E-state index contributed by atoms with van der Waals surface area (Å²) in [7, 11) is 0. The van der Waals surface area contributed by atoms with Crippen LogP contribution in [0.3, 0.4) is 0 Å². The number of aryl methyl sites for hydroxylation is 1. The van der Waals surface area contributed by atoms with Crippen LogP contribution >= 0.6 is 11.5 Å². The van der Waals surface area contributed by atoms with Gasteiger partial charge in [0.1, 0.15) is 0 Å². The monoisotopic (exact) mass is 330 g/mol. The summed E-state index contributed by atoms with van der Waals surface area (Å²) in [6.45, 7) is 4.44. The smallest absolute Gasteiger partial charge is 0.253 e. The molecule has 0 spiro atoms. The quantitative estimate of drug-likeness (QED) is 0.932. The fraction of sp³-hybridized carbons (Fsp3) is 0.471. The zero-order chi connectivity index (χ0) is 16.1. The van der Waals surface area contributed by atoms with Crippen molar-refractivity contribution in [3.05, 3.63) is 40.4 Å². The van der Waals surface area contributed by atoms with Crippen molar-refractivity contribution in [2.75, 3.05) is 18.4 Å². The molecule has 1 fully saturated rings. The molecule has 0 bridgehead atoms. The maximum Gasteiger partial charge on any atom is 0.253 e. The van der Waals surface area contributed by atoms with Gasteiger partial charge in [0.25, 0.3) is 5.91 Å². The van der Waals surface area contributed by atoms with Crippen LogP contribution in [0.25, 0.3) is 0 Å². The molecule has 5 nitrogen and oxygen atoms in total. The first-order chi connectivity index (χ1) is 11.2. The molecule has 23 heavy (non-hydrogen) atoms. The minimum Gasteiger partial charge on any atom is -0.380 e. The molecule has 1 amide bonds. The van der Waals surface area contributed by atoms with E-state index in [0.29, 0.717) is 6.54 Å². The third-order valence-corrected chi connectivity index (χ3v) is 5.05. The molecule has 0 radical (unpaired) electrons. The van der Waals surface area contributed by atoms with Crippen molar-refractivity contribution in [1.29, 1.82) is 0 Å². The van der Waals surface area contributed by atoms with Gasteiger partial charge in [0.05, 0.1) is 17.1 Å². The van der Waals surface area contributed by atoms with Gasteiger partial charge in [0.15, 0.2) is 0 Å². The van der Waals surface area contributed by atoms with Gasteiger partial charge in [-0.05, 0) is 55.6 Å². The number of anilines is 1. The molecule has 122 valence electrons. The number of carbonyl (C=O) groups is 1. The Kier molecular flexibility index (Phi) is 5.23. The van der Waals surface area contributed by atoms with Crippen LogP contribution in [-0.4, -0.2) is 33.5 Å². The maximum atomic E-state index is 12.5. The van der Waals surface area contributed by atoms with E-state index < -0.39 is 0 Å². The van der Waals surface area contributed by atoms with Crippen molar-refractivity contribution in [2.24, 2.45) is 0 Å². The molecule has 2 heterocycles. The van der Waals surface area contributed by atoms with E-state index in [2.05, 4.69) is 14.9 Å². The van der Waals surface area contributed by atoms with Crippen LogP contribution in [-0.2, 0) is 6.54 Å². The minimum absolute atomic E-state index is 0.154. The number of likely N-dealkylation sites (tertiary alicyclic amines) is 1. The van der Waals surface area contributed by atoms with Gasteiger partial charge in [-0.25, -0.2) is 0 Å². The van der Waals surface area contributed by atoms with Crippen molar-refractivity contribution < 1.29 is 4.79 Å². The van der Waals surface area contributed by atoms with Gasteiger partial charge < -0.3 is 10.2 Å². The van der Waals surface area contributed by atoms with Crippen LogP contribution in [0, 0.1) is 6.92 Å². The third kappa shape index (κ3) is 4.07. The Hall–Kier alpha value is -1.95. The van der Waals surface area contributed by atoms with Gasteiger partial charge in [-0.15, -0.1) is 5.10 Å². The van der Waals surface area contributed by atoms with Crippen LogP contribution in [0.15, 0.2) is 24.3 Å².